The number of aliphatic carboxylic acids is 1. The first-order valence-electron chi connectivity index (χ1n) is 6.27. The Morgan fingerprint density at radius 1 is 1.38 bits per heavy atom. The molecule has 1 aromatic carbocycles. The van der Waals surface area contributed by atoms with Gasteiger partial charge in [-0.2, -0.15) is 0 Å². The molecule has 0 aliphatic carbocycles. The fraction of sp³-hybridized carbons (Fsp3) is 0.462. The van der Waals surface area contributed by atoms with Crippen LogP contribution in [0.5, 0.6) is 5.75 Å². The molecular formula is C13H13F4NO3. The molecule has 0 spiro atoms. The molecule has 1 fully saturated rings. The summed E-state index contributed by atoms with van der Waals surface area (Å²) in [6.07, 6.45) is -4.26. The first kappa shape index (κ1) is 15.6. The Balaban J connectivity index is 2.15. The summed E-state index contributed by atoms with van der Waals surface area (Å²) < 4.78 is 53.7. The number of carbonyl (C=O) groups is 1. The highest BCUT2D eigenvalue weighted by atomic mass is 19.4. The highest BCUT2D eigenvalue weighted by Gasteiger charge is 2.32. The molecule has 8 heteroatoms. The summed E-state index contributed by atoms with van der Waals surface area (Å²) in [5.41, 5.74) is 0.135. The zero-order valence-electron chi connectivity index (χ0n) is 10.8. The molecule has 1 aromatic rings. The first-order chi connectivity index (χ1) is 9.76. The van der Waals surface area contributed by atoms with E-state index in [0.717, 1.165) is 6.07 Å². The van der Waals surface area contributed by atoms with Gasteiger partial charge in [-0.25, -0.2) is 4.39 Å². The molecule has 2 unspecified atom stereocenters. The number of hydrogen-bond acceptors (Lipinski definition) is 3. The highest BCUT2D eigenvalue weighted by Crippen LogP contribution is 2.31. The van der Waals surface area contributed by atoms with E-state index in [1.165, 1.54) is 6.07 Å². The van der Waals surface area contributed by atoms with E-state index in [2.05, 4.69) is 10.1 Å². The maximum absolute atomic E-state index is 13.9. The minimum absolute atomic E-state index is 0.135. The van der Waals surface area contributed by atoms with Gasteiger partial charge in [-0.3, -0.25) is 4.79 Å². The van der Waals surface area contributed by atoms with Gasteiger partial charge in [0.1, 0.15) is 11.6 Å². The van der Waals surface area contributed by atoms with Crippen LogP contribution in [0.25, 0.3) is 0 Å². The van der Waals surface area contributed by atoms with Gasteiger partial charge in [-0.05, 0) is 25.5 Å². The lowest BCUT2D eigenvalue weighted by Crippen LogP contribution is -2.35. The molecular weight excluding hydrogens is 294 g/mol. The van der Waals surface area contributed by atoms with Crippen molar-refractivity contribution in [2.75, 3.05) is 6.54 Å². The molecule has 1 heterocycles. The third kappa shape index (κ3) is 4.07. The van der Waals surface area contributed by atoms with Crippen molar-refractivity contribution in [2.24, 2.45) is 5.92 Å². The van der Waals surface area contributed by atoms with Crippen LogP contribution in [0.3, 0.4) is 0 Å². The zero-order chi connectivity index (χ0) is 15.6. The first-order valence-corrected chi connectivity index (χ1v) is 6.27. The van der Waals surface area contributed by atoms with Gasteiger partial charge in [0, 0.05) is 17.7 Å². The zero-order valence-corrected chi connectivity index (χ0v) is 10.8. The number of ether oxygens (including phenoxy) is 1. The van der Waals surface area contributed by atoms with E-state index >= 15 is 0 Å². The van der Waals surface area contributed by atoms with Crippen molar-refractivity contribution in [3.63, 3.8) is 0 Å². The van der Waals surface area contributed by atoms with Crippen molar-refractivity contribution in [3.05, 3.63) is 29.6 Å². The molecule has 21 heavy (non-hydrogen) atoms. The maximum atomic E-state index is 13.9. The van der Waals surface area contributed by atoms with Crippen molar-refractivity contribution < 1.29 is 32.2 Å². The van der Waals surface area contributed by atoms with E-state index in [-0.39, 0.29) is 12.0 Å². The average Bonchev–Trinajstić information content (AvgIpc) is 2.37. The van der Waals surface area contributed by atoms with Crippen LogP contribution in [-0.2, 0) is 4.79 Å². The maximum Gasteiger partial charge on any atom is 0.573 e. The fourth-order valence-electron chi connectivity index (χ4n) is 2.37. The van der Waals surface area contributed by atoms with Gasteiger partial charge in [0.15, 0.2) is 0 Å². The largest absolute Gasteiger partial charge is 0.573 e. The lowest BCUT2D eigenvalue weighted by Gasteiger charge is -2.28. The molecule has 116 valence electrons. The SMILES string of the molecule is O=C(O)C1CCNC(c2ccc(OC(F)(F)F)cc2F)C1. The van der Waals surface area contributed by atoms with Crippen molar-refractivity contribution in [3.8, 4) is 5.75 Å². The van der Waals surface area contributed by atoms with Gasteiger partial charge in [0.2, 0.25) is 0 Å². The van der Waals surface area contributed by atoms with Crippen LogP contribution >= 0.6 is 0 Å². The number of carboxylic acid groups (broad SMARTS) is 1. The summed E-state index contributed by atoms with van der Waals surface area (Å²) >= 11 is 0. The van der Waals surface area contributed by atoms with Crippen molar-refractivity contribution >= 4 is 5.97 Å². The Labute approximate surface area is 117 Å². The van der Waals surface area contributed by atoms with Crippen LogP contribution in [0, 0.1) is 11.7 Å². The van der Waals surface area contributed by atoms with Crippen LogP contribution in [0.1, 0.15) is 24.4 Å². The molecule has 2 rings (SSSR count). The Kier molecular flexibility index (Phi) is 4.36. The molecule has 2 atom stereocenters. The molecule has 2 N–H and O–H groups in total. The molecule has 1 saturated heterocycles. The van der Waals surface area contributed by atoms with Gasteiger partial charge in [0.05, 0.1) is 5.92 Å². The Morgan fingerprint density at radius 2 is 2.10 bits per heavy atom. The standard InChI is InChI=1S/C13H13F4NO3/c14-10-6-8(21-13(15,16)17)1-2-9(10)11-5-7(12(19)20)3-4-18-11/h1-2,6-7,11,18H,3-5H2,(H,19,20). The summed E-state index contributed by atoms with van der Waals surface area (Å²) in [5, 5.41) is 11.9. The van der Waals surface area contributed by atoms with Crippen molar-refractivity contribution in [1.29, 1.82) is 0 Å². The lowest BCUT2D eigenvalue weighted by atomic mass is 9.88. The lowest BCUT2D eigenvalue weighted by molar-refractivity contribution is -0.274. The molecule has 0 amide bonds. The van der Waals surface area contributed by atoms with Gasteiger partial charge < -0.3 is 15.2 Å². The number of hydrogen-bond donors (Lipinski definition) is 2. The van der Waals surface area contributed by atoms with Crippen molar-refractivity contribution in [1.82, 2.24) is 5.32 Å². The van der Waals surface area contributed by atoms with Gasteiger partial charge in [-0.15, -0.1) is 13.2 Å². The molecule has 1 aliphatic rings. The van der Waals surface area contributed by atoms with Gasteiger partial charge >= 0.3 is 12.3 Å². The minimum atomic E-state index is -4.88. The Hall–Kier alpha value is -1.83. The minimum Gasteiger partial charge on any atom is -0.481 e. The molecule has 4 nitrogen and oxygen atoms in total. The summed E-state index contributed by atoms with van der Waals surface area (Å²) in [4.78, 5) is 11.0. The van der Waals surface area contributed by atoms with Crippen molar-refractivity contribution in [2.45, 2.75) is 25.2 Å². The summed E-state index contributed by atoms with van der Waals surface area (Å²) in [6.45, 7) is 0.405. The Bertz CT molecular complexity index is 533. The van der Waals surface area contributed by atoms with E-state index in [1.54, 1.807) is 0 Å². The number of alkyl halides is 3. The smallest absolute Gasteiger partial charge is 0.481 e. The molecule has 1 aliphatic heterocycles. The van der Waals surface area contributed by atoms with E-state index in [4.69, 9.17) is 5.11 Å². The van der Waals surface area contributed by atoms with E-state index in [0.29, 0.717) is 19.0 Å². The van der Waals surface area contributed by atoms with Crippen LogP contribution in [0.2, 0.25) is 0 Å². The molecule has 0 aromatic heterocycles. The summed E-state index contributed by atoms with van der Waals surface area (Å²) in [7, 11) is 0. The predicted molar refractivity (Wildman–Crippen MR) is 64.2 cm³/mol. The second-order valence-electron chi connectivity index (χ2n) is 4.80. The van der Waals surface area contributed by atoms with Crippen LogP contribution < -0.4 is 10.1 Å². The van der Waals surface area contributed by atoms with Gasteiger partial charge in [0.25, 0.3) is 0 Å². The second-order valence-corrected chi connectivity index (χ2v) is 4.80. The second kappa shape index (κ2) is 5.88. The number of nitrogens with one attached hydrogen (secondary N) is 1. The Morgan fingerprint density at radius 3 is 2.67 bits per heavy atom. The predicted octanol–water partition coefficient (Wildman–Crippen LogP) is 2.85. The topological polar surface area (TPSA) is 58.6 Å². The van der Waals surface area contributed by atoms with Crippen LogP contribution in [-0.4, -0.2) is 24.0 Å². The molecule has 0 saturated carbocycles. The number of piperidine rings is 1. The van der Waals surface area contributed by atoms with Gasteiger partial charge in [-0.1, -0.05) is 6.07 Å². The van der Waals surface area contributed by atoms with E-state index in [1.807, 2.05) is 0 Å². The van der Waals surface area contributed by atoms with E-state index in [9.17, 15) is 22.4 Å². The van der Waals surface area contributed by atoms with E-state index < -0.39 is 35.9 Å². The van der Waals surface area contributed by atoms with Crippen LogP contribution in [0.15, 0.2) is 18.2 Å². The molecule has 0 radical (unpaired) electrons. The monoisotopic (exact) mass is 307 g/mol. The molecule has 0 bridgehead atoms. The average molecular weight is 307 g/mol. The fourth-order valence-corrected chi connectivity index (χ4v) is 2.37. The number of rotatable bonds is 3. The third-order valence-electron chi connectivity index (χ3n) is 3.33. The number of benzene rings is 1. The third-order valence-corrected chi connectivity index (χ3v) is 3.33. The normalized spacial score (nSPS) is 22.9. The number of halogens is 4. The number of carboxylic acids is 1. The quantitative estimate of drug-likeness (QED) is 0.843. The highest BCUT2D eigenvalue weighted by molar-refractivity contribution is 5.70. The summed E-state index contributed by atoms with van der Waals surface area (Å²) in [5.74, 6) is -3.06. The van der Waals surface area contributed by atoms with Crippen LogP contribution in [0.4, 0.5) is 17.6 Å². The summed E-state index contributed by atoms with van der Waals surface area (Å²) in [6, 6.07) is 2.30.